The van der Waals surface area contributed by atoms with E-state index in [1.54, 1.807) is 24.3 Å². The first-order chi connectivity index (χ1) is 8.66. The molecule has 0 aliphatic carbocycles. The molecule has 1 aromatic rings. The first kappa shape index (κ1) is 13.1. The van der Waals surface area contributed by atoms with Crippen LogP contribution in [0.25, 0.3) is 0 Å². The van der Waals surface area contributed by atoms with E-state index in [2.05, 4.69) is 0 Å². The highest BCUT2D eigenvalue weighted by molar-refractivity contribution is 7.85. The van der Waals surface area contributed by atoms with E-state index in [1.165, 1.54) is 6.42 Å². The summed E-state index contributed by atoms with van der Waals surface area (Å²) in [6.07, 6.45) is 3.30. The smallest absolute Gasteiger partial charge is 0.235 e. The van der Waals surface area contributed by atoms with E-state index in [0.29, 0.717) is 10.6 Å². The molecule has 1 saturated heterocycles. The number of hydrogen-bond donors (Lipinski definition) is 1. The molecule has 0 saturated carbocycles. The van der Waals surface area contributed by atoms with E-state index >= 15 is 0 Å². The molecule has 5 heteroatoms. The van der Waals surface area contributed by atoms with Crippen molar-refractivity contribution in [3.05, 3.63) is 24.3 Å². The molecule has 0 bridgehead atoms. The van der Waals surface area contributed by atoms with Crippen LogP contribution >= 0.6 is 0 Å². The highest BCUT2D eigenvalue weighted by atomic mass is 32.2. The third-order valence-corrected chi connectivity index (χ3v) is 4.41. The average Bonchev–Trinajstić information content (AvgIpc) is 2.40. The third-order valence-electron chi connectivity index (χ3n) is 3.11. The Kier molecular flexibility index (Phi) is 4.36. The molecule has 1 amide bonds. The van der Waals surface area contributed by atoms with E-state index in [9.17, 15) is 9.00 Å². The lowest BCUT2D eigenvalue weighted by molar-refractivity contribution is -0.129. The number of benzene rings is 1. The van der Waals surface area contributed by atoms with Crippen molar-refractivity contribution in [1.29, 1.82) is 0 Å². The number of amides is 1. The Labute approximate surface area is 110 Å². The number of nitrogens with zero attached hydrogens (tertiary/aromatic N) is 1. The summed E-state index contributed by atoms with van der Waals surface area (Å²) in [6, 6.07) is 6.85. The fraction of sp³-hybridized carbons (Fsp3) is 0.462. The number of rotatable bonds is 3. The van der Waals surface area contributed by atoms with Crippen LogP contribution in [0.2, 0.25) is 0 Å². The minimum Gasteiger partial charge on any atom is -0.399 e. The summed E-state index contributed by atoms with van der Waals surface area (Å²) in [7, 11) is -1.27. The van der Waals surface area contributed by atoms with Crippen LogP contribution in [0, 0.1) is 0 Å². The summed E-state index contributed by atoms with van der Waals surface area (Å²) in [6.45, 7) is 1.61. The van der Waals surface area contributed by atoms with Gasteiger partial charge in [0.05, 0.1) is 10.8 Å². The normalized spacial score (nSPS) is 17.4. The Hall–Kier alpha value is -1.36. The van der Waals surface area contributed by atoms with Gasteiger partial charge < -0.3 is 10.6 Å². The maximum Gasteiger partial charge on any atom is 0.235 e. The number of nitrogen functional groups attached to an aromatic ring is 1. The van der Waals surface area contributed by atoms with Crippen molar-refractivity contribution in [3.63, 3.8) is 0 Å². The van der Waals surface area contributed by atoms with Gasteiger partial charge in [0.15, 0.2) is 0 Å². The van der Waals surface area contributed by atoms with Crippen molar-refractivity contribution in [3.8, 4) is 0 Å². The van der Waals surface area contributed by atoms with E-state index in [0.717, 1.165) is 25.9 Å². The maximum absolute atomic E-state index is 12.0. The van der Waals surface area contributed by atoms with Gasteiger partial charge in [-0.3, -0.25) is 9.00 Å². The molecule has 1 fully saturated rings. The molecule has 4 nitrogen and oxygen atoms in total. The van der Waals surface area contributed by atoms with Crippen molar-refractivity contribution >= 4 is 22.4 Å². The third kappa shape index (κ3) is 3.32. The minimum atomic E-state index is -1.27. The summed E-state index contributed by atoms with van der Waals surface area (Å²) in [5.41, 5.74) is 6.21. The molecule has 98 valence electrons. The second kappa shape index (κ2) is 6.00. The Morgan fingerprint density at radius 1 is 1.17 bits per heavy atom. The maximum atomic E-state index is 12.0. The first-order valence-corrected chi connectivity index (χ1v) is 7.50. The number of hydrogen-bond acceptors (Lipinski definition) is 3. The molecule has 0 radical (unpaired) electrons. The number of carbonyl (C=O) groups is 1. The predicted octanol–water partition coefficient (Wildman–Crippen LogP) is 1.39. The molecule has 1 heterocycles. The number of nitrogens with two attached hydrogens (primary N) is 1. The lowest BCUT2D eigenvalue weighted by Gasteiger charge is -2.26. The number of likely N-dealkylation sites (tertiary alicyclic amines) is 1. The van der Waals surface area contributed by atoms with Gasteiger partial charge in [-0.2, -0.15) is 0 Å². The van der Waals surface area contributed by atoms with Gasteiger partial charge in [0.1, 0.15) is 5.75 Å². The lowest BCUT2D eigenvalue weighted by Crippen LogP contribution is -2.38. The van der Waals surface area contributed by atoms with Crippen molar-refractivity contribution in [2.24, 2.45) is 0 Å². The molecule has 1 aliphatic heterocycles. The van der Waals surface area contributed by atoms with Crippen LogP contribution in [0.4, 0.5) is 5.69 Å². The highest BCUT2D eigenvalue weighted by Crippen LogP contribution is 2.13. The van der Waals surface area contributed by atoms with Gasteiger partial charge in [0, 0.05) is 23.7 Å². The second-order valence-corrected chi connectivity index (χ2v) is 5.95. The first-order valence-electron chi connectivity index (χ1n) is 6.18. The zero-order valence-electron chi connectivity index (χ0n) is 10.3. The van der Waals surface area contributed by atoms with Gasteiger partial charge in [-0.05, 0) is 43.5 Å². The number of piperidine rings is 1. The Morgan fingerprint density at radius 2 is 1.78 bits per heavy atom. The average molecular weight is 266 g/mol. The molecule has 2 N–H and O–H groups in total. The van der Waals surface area contributed by atoms with Gasteiger partial charge in [0.2, 0.25) is 5.91 Å². The SMILES string of the molecule is Nc1ccc(S(=O)CC(=O)N2CCCCC2)cc1. The molecule has 1 unspecified atom stereocenters. The number of anilines is 1. The molecule has 1 aromatic carbocycles. The minimum absolute atomic E-state index is 0.00939. The predicted molar refractivity (Wildman–Crippen MR) is 72.6 cm³/mol. The van der Waals surface area contributed by atoms with E-state index < -0.39 is 10.8 Å². The fourth-order valence-electron chi connectivity index (χ4n) is 2.05. The molecular formula is C13H18N2O2S. The van der Waals surface area contributed by atoms with E-state index in [-0.39, 0.29) is 11.7 Å². The topological polar surface area (TPSA) is 63.4 Å². The molecule has 1 aliphatic rings. The van der Waals surface area contributed by atoms with Crippen LogP contribution < -0.4 is 5.73 Å². The fourth-order valence-corrected chi connectivity index (χ4v) is 3.06. The van der Waals surface area contributed by atoms with E-state index in [4.69, 9.17) is 5.73 Å². The monoisotopic (exact) mass is 266 g/mol. The van der Waals surface area contributed by atoms with Crippen molar-refractivity contribution < 1.29 is 9.00 Å². The van der Waals surface area contributed by atoms with E-state index in [1.807, 2.05) is 4.90 Å². The summed E-state index contributed by atoms with van der Waals surface area (Å²) in [5, 5.41) is 0. The zero-order chi connectivity index (χ0) is 13.0. The standard InChI is InChI=1S/C13H18N2O2S/c14-11-4-6-12(7-5-11)18(17)10-13(16)15-8-2-1-3-9-15/h4-7H,1-3,8-10,14H2. The van der Waals surface area contributed by atoms with Crippen LogP contribution in [-0.2, 0) is 15.6 Å². The van der Waals surface area contributed by atoms with Gasteiger partial charge in [-0.25, -0.2) is 0 Å². The molecule has 0 spiro atoms. The second-order valence-electron chi connectivity index (χ2n) is 4.50. The van der Waals surface area contributed by atoms with Crippen LogP contribution in [0.1, 0.15) is 19.3 Å². The Bertz CT molecular complexity index is 439. The van der Waals surface area contributed by atoms with Crippen molar-refractivity contribution in [1.82, 2.24) is 4.90 Å². The molecule has 0 aromatic heterocycles. The van der Waals surface area contributed by atoms with Crippen molar-refractivity contribution in [2.45, 2.75) is 24.2 Å². The van der Waals surface area contributed by atoms with Crippen LogP contribution in [0.3, 0.4) is 0 Å². The van der Waals surface area contributed by atoms with Crippen LogP contribution in [0.5, 0.6) is 0 Å². The van der Waals surface area contributed by atoms with Gasteiger partial charge in [0.25, 0.3) is 0 Å². The Morgan fingerprint density at radius 3 is 2.39 bits per heavy atom. The zero-order valence-corrected chi connectivity index (χ0v) is 11.1. The van der Waals surface area contributed by atoms with Gasteiger partial charge in [-0.15, -0.1) is 0 Å². The Balaban J connectivity index is 1.94. The van der Waals surface area contributed by atoms with Gasteiger partial charge >= 0.3 is 0 Å². The summed E-state index contributed by atoms with van der Waals surface area (Å²) >= 11 is 0. The van der Waals surface area contributed by atoms with Crippen molar-refractivity contribution in [2.75, 3.05) is 24.6 Å². The molecular weight excluding hydrogens is 248 g/mol. The molecule has 18 heavy (non-hydrogen) atoms. The number of carbonyl (C=O) groups excluding carboxylic acids is 1. The summed E-state index contributed by atoms with van der Waals surface area (Å²) in [5.74, 6) is 0.0639. The van der Waals surface area contributed by atoms with Crippen LogP contribution in [0.15, 0.2) is 29.2 Å². The van der Waals surface area contributed by atoms with Gasteiger partial charge in [-0.1, -0.05) is 0 Å². The summed E-state index contributed by atoms with van der Waals surface area (Å²) in [4.78, 5) is 14.4. The highest BCUT2D eigenvalue weighted by Gasteiger charge is 2.19. The summed E-state index contributed by atoms with van der Waals surface area (Å²) < 4.78 is 12.0. The molecule has 1 atom stereocenters. The quantitative estimate of drug-likeness (QED) is 0.841. The molecule has 2 rings (SSSR count). The lowest BCUT2D eigenvalue weighted by atomic mass is 10.1. The van der Waals surface area contributed by atoms with Crippen LogP contribution in [-0.4, -0.2) is 33.9 Å². The largest absolute Gasteiger partial charge is 0.399 e.